The maximum Gasteiger partial charge on any atom is 0.446 e. The van der Waals surface area contributed by atoms with E-state index in [0.717, 1.165) is 71.8 Å². The van der Waals surface area contributed by atoms with Crippen LogP contribution in [-0.4, -0.2) is 64.7 Å². The van der Waals surface area contributed by atoms with E-state index in [4.69, 9.17) is 4.74 Å². The summed E-state index contributed by atoms with van der Waals surface area (Å²) >= 11 is 1.49. The maximum atomic E-state index is 12.6. The number of piperidine rings is 1. The first kappa shape index (κ1) is 30.0. The quantitative estimate of drug-likeness (QED) is 0.181. The van der Waals surface area contributed by atoms with Crippen LogP contribution in [0.25, 0.3) is 10.9 Å². The van der Waals surface area contributed by atoms with E-state index < -0.39 is 11.6 Å². The highest BCUT2D eigenvalue weighted by Gasteiger charge is 2.30. The Hall–Kier alpha value is -1.98. The van der Waals surface area contributed by atoms with Crippen LogP contribution in [0.2, 0.25) is 0 Å². The van der Waals surface area contributed by atoms with Crippen molar-refractivity contribution in [1.29, 1.82) is 0 Å². The standard InChI is InChI=1S/C29H35F3N2O3S2/c1-37-22-7-8-27-26(16-22)25(10-12-33-27)28(36)9-6-20-11-14-34(18-21(20)19-35)13-3-15-38-23-4-2-5-24(17-23)39-29(30,31)32/h2,4-5,7-8,10,12,16-17,20-21,28,35-36H,3,6,9,11,13-15,18-19H2,1H3/t20-,21-,28-/m1/s1. The van der Waals surface area contributed by atoms with Gasteiger partial charge in [-0.25, -0.2) is 0 Å². The molecular formula is C29H35F3N2O3S2. The molecule has 0 unspecified atom stereocenters. The van der Waals surface area contributed by atoms with Gasteiger partial charge in [0.2, 0.25) is 0 Å². The second-order valence-electron chi connectivity index (χ2n) is 9.89. The smallest absolute Gasteiger partial charge is 0.446 e. The van der Waals surface area contributed by atoms with Gasteiger partial charge in [-0.15, -0.1) is 11.8 Å². The lowest BCUT2D eigenvalue weighted by Crippen LogP contribution is -2.42. The molecule has 5 nitrogen and oxygen atoms in total. The first-order chi connectivity index (χ1) is 18.8. The molecule has 2 aromatic carbocycles. The predicted molar refractivity (Wildman–Crippen MR) is 151 cm³/mol. The number of hydrogen-bond acceptors (Lipinski definition) is 7. The molecule has 0 bridgehead atoms. The third-order valence-corrected chi connectivity index (χ3v) is 9.09. The first-order valence-corrected chi connectivity index (χ1v) is 15.0. The van der Waals surface area contributed by atoms with E-state index in [1.165, 1.54) is 6.07 Å². The van der Waals surface area contributed by atoms with Crippen molar-refractivity contribution in [2.75, 3.05) is 39.1 Å². The molecule has 0 amide bonds. The zero-order valence-corrected chi connectivity index (χ0v) is 23.6. The first-order valence-electron chi connectivity index (χ1n) is 13.2. The molecule has 1 aromatic heterocycles. The third kappa shape index (κ3) is 8.75. The second kappa shape index (κ2) is 14.1. The SMILES string of the molecule is COc1ccc2nccc([C@H](O)CC[C@@H]3CCN(CCCSc4cccc(SC(F)(F)F)c4)C[C@@H]3CO)c2c1. The number of nitrogens with zero attached hydrogens (tertiary/aromatic N) is 2. The fourth-order valence-corrected chi connectivity index (χ4v) is 6.85. The highest BCUT2D eigenvalue weighted by Crippen LogP contribution is 2.38. The van der Waals surface area contributed by atoms with Crippen molar-refractivity contribution in [2.45, 2.75) is 47.1 Å². The van der Waals surface area contributed by atoms with Crippen molar-refractivity contribution in [3.05, 3.63) is 60.3 Å². The van der Waals surface area contributed by atoms with Gasteiger partial charge in [-0.05, 0) is 116 Å². The molecule has 1 aliphatic heterocycles. The number of aromatic nitrogens is 1. The van der Waals surface area contributed by atoms with E-state index in [2.05, 4.69) is 9.88 Å². The highest BCUT2D eigenvalue weighted by molar-refractivity contribution is 8.00. The van der Waals surface area contributed by atoms with Crippen LogP contribution in [0.4, 0.5) is 13.2 Å². The van der Waals surface area contributed by atoms with Crippen molar-refractivity contribution in [3.63, 3.8) is 0 Å². The monoisotopic (exact) mass is 580 g/mol. The number of halogens is 3. The van der Waals surface area contributed by atoms with Gasteiger partial charge in [0, 0.05) is 34.5 Å². The lowest BCUT2D eigenvalue weighted by atomic mass is 9.81. The fraction of sp³-hybridized carbons (Fsp3) is 0.483. The number of likely N-dealkylation sites (tertiary alicyclic amines) is 1. The van der Waals surface area contributed by atoms with Gasteiger partial charge in [0.1, 0.15) is 5.75 Å². The summed E-state index contributed by atoms with van der Waals surface area (Å²) in [6.45, 7) is 2.76. The summed E-state index contributed by atoms with van der Waals surface area (Å²) in [6.07, 6.45) is 4.42. The number of thioether (sulfide) groups is 2. The van der Waals surface area contributed by atoms with Crippen molar-refractivity contribution in [2.24, 2.45) is 11.8 Å². The number of fused-ring (bicyclic) bond motifs is 1. The lowest BCUT2D eigenvalue weighted by Gasteiger charge is -2.38. The summed E-state index contributed by atoms with van der Waals surface area (Å²) in [6, 6.07) is 14.1. The normalized spacial score (nSPS) is 19.3. The van der Waals surface area contributed by atoms with Gasteiger partial charge in [0.25, 0.3) is 0 Å². The molecule has 4 rings (SSSR count). The van der Waals surface area contributed by atoms with Crippen LogP contribution in [0.1, 0.15) is 37.4 Å². The molecule has 0 radical (unpaired) electrons. The Kier molecular flexibility index (Phi) is 10.8. The van der Waals surface area contributed by atoms with Crippen LogP contribution in [0.5, 0.6) is 5.75 Å². The van der Waals surface area contributed by atoms with Crippen molar-refractivity contribution >= 4 is 34.4 Å². The van der Waals surface area contributed by atoms with E-state index in [0.29, 0.717) is 12.3 Å². The Morgan fingerprint density at radius 1 is 1.13 bits per heavy atom. The number of hydrogen-bond donors (Lipinski definition) is 2. The maximum absolute atomic E-state index is 12.6. The fourth-order valence-electron chi connectivity index (χ4n) is 5.28. The average molecular weight is 581 g/mol. The van der Waals surface area contributed by atoms with E-state index in [-0.39, 0.29) is 29.2 Å². The van der Waals surface area contributed by atoms with Gasteiger partial charge >= 0.3 is 5.51 Å². The third-order valence-electron chi connectivity index (χ3n) is 7.29. The zero-order chi connectivity index (χ0) is 27.8. The highest BCUT2D eigenvalue weighted by atomic mass is 32.2. The summed E-state index contributed by atoms with van der Waals surface area (Å²) < 4.78 is 43.3. The molecule has 2 heterocycles. The van der Waals surface area contributed by atoms with Gasteiger partial charge < -0.3 is 19.8 Å². The van der Waals surface area contributed by atoms with E-state index in [1.807, 2.05) is 30.3 Å². The van der Waals surface area contributed by atoms with Crippen LogP contribution in [0, 0.1) is 11.8 Å². The summed E-state index contributed by atoms with van der Waals surface area (Å²) in [7, 11) is 1.62. The van der Waals surface area contributed by atoms with E-state index in [1.54, 1.807) is 37.2 Å². The predicted octanol–water partition coefficient (Wildman–Crippen LogP) is 6.78. The molecule has 0 saturated carbocycles. The molecule has 1 saturated heterocycles. The van der Waals surface area contributed by atoms with E-state index >= 15 is 0 Å². The molecule has 3 aromatic rings. The molecule has 39 heavy (non-hydrogen) atoms. The number of aliphatic hydroxyl groups is 2. The van der Waals surface area contributed by atoms with Gasteiger partial charge in [-0.3, -0.25) is 4.98 Å². The van der Waals surface area contributed by atoms with E-state index in [9.17, 15) is 23.4 Å². The molecule has 3 atom stereocenters. The molecular weight excluding hydrogens is 545 g/mol. The Labute approximate surface area is 236 Å². The second-order valence-corrected chi connectivity index (χ2v) is 12.2. The van der Waals surface area contributed by atoms with Gasteiger partial charge in [-0.2, -0.15) is 13.2 Å². The molecule has 0 aliphatic carbocycles. The number of rotatable bonds is 12. The van der Waals surface area contributed by atoms with Crippen molar-refractivity contribution in [1.82, 2.24) is 9.88 Å². The minimum absolute atomic E-state index is 0.0830. The van der Waals surface area contributed by atoms with Crippen LogP contribution in [0.15, 0.2) is 64.5 Å². The summed E-state index contributed by atoms with van der Waals surface area (Å²) in [5.74, 6) is 2.04. The lowest BCUT2D eigenvalue weighted by molar-refractivity contribution is -0.0328. The Balaban J connectivity index is 1.23. The molecule has 1 fully saturated rings. The zero-order valence-electron chi connectivity index (χ0n) is 21.9. The van der Waals surface area contributed by atoms with Crippen molar-refractivity contribution < 1.29 is 28.1 Å². The largest absolute Gasteiger partial charge is 0.497 e. The minimum Gasteiger partial charge on any atom is -0.497 e. The Morgan fingerprint density at radius 2 is 1.95 bits per heavy atom. The molecule has 2 N–H and O–H groups in total. The molecule has 212 valence electrons. The van der Waals surface area contributed by atoms with Gasteiger partial charge in [0.05, 0.1) is 18.7 Å². The molecule has 10 heteroatoms. The van der Waals surface area contributed by atoms with Crippen LogP contribution in [0.3, 0.4) is 0 Å². The minimum atomic E-state index is -4.28. The van der Waals surface area contributed by atoms with Crippen LogP contribution < -0.4 is 4.74 Å². The van der Waals surface area contributed by atoms with Gasteiger partial charge in [0.15, 0.2) is 0 Å². The number of aliphatic hydroxyl groups excluding tert-OH is 2. The summed E-state index contributed by atoms with van der Waals surface area (Å²) in [4.78, 5) is 7.82. The number of methoxy groups -OCH3 is 1. The summed E-state index contributed by atoms with van der Waals surface area (Å²) in [5, 5.41) is 22.0. The summed E-state index contributed by atoms with van der Waals surface area (Å²) in [5.41, 5.74) is -2.62. The number of pyridine rings is 1. The Morgan fingerprint density at radius 3 is 2.72 bits per heavy atom. The van der Waals surface area contributed by atoms with Crippen LogP contribution >= 0.6 is 23.5 Å². The number of benzene rings is 2. The van der Waals surface area contributed by atoms with Gasteiger partial charge in [-0.1, -0.05) is 6.07 Å². The molecule has 0 spiro atoms. The number of ether oxygens (including phenoxy) is 1. The Bertz CT molecular complexity index is 1210. The topological polar surface area (TPSA) is 65.8 Å². The number of alkyl halides is 3. The van der Waals surface area contributed by atoms with Crippen LogP contribution in [-0.2, 0) is 0 Å². The average Bonchev–Trinajstić information content (AvgIpc) is 2.93. The van der Waals surface area contributed by atoms with Crippen molar-refractivity contribution in [3.8, 4) is 5.75 Å². The molecule has 1 aliphatic rings.